The molecule has 1 amide bonds. The molecule has 138 valence electrons. The third-order valence-electron chi connectivity index (χ3n) is 5.76. The largest absolute Gasteiger partial charge is 0.464 e. The molecule has 2 aliphatic rings. The molecule has 2 aliphatic heterocycles. The lowest BCUT2D eigenvalue weighted by Gasteiger charge is -2.47. The number of amides is 1. The Morgan fingerprint density at radius 1 is 1.15 bits per heavy atom. The Hall–Kier alpha value is -2.11. The van der Waals surface area contributed by atoms with Gasteiger partial charge in [0.1, 0.15) is 5.76 Å². The molecule has 0 spiro atoms. The standard InChI is InChI=1S/C21H27N3O2/c22-10-12-24-19-9-11-23(15-18(19)7-8-21(24)25)14-16-3-5-17(6-4-16)20-2-1-13-26-20/h1-6,13,18-19H,7-12,14-15,22H2/t18-,19+/m0/s1. The van der Waals surface area contributed by atoms with E-state index in [9.17, 15) is 4.79 Å². The van der Waals surface area contributed by atoms with Crippen LogP contribution in [0.5, 0.6) is 0 Å². The van der Waals surface area contributed by atoms with Crippen LogP contribution in [0.25, 0.3) is 11.3 Å². The number of likely N-dealkylation sites (tertiary alicyclic amines) is 2. The van der Waals surface area contributed by atoms with E-state index in [1.54, 1.807) is 6.26 Å². The van der Waals surface area contributed by atoms with Crippen molar-refractivity contribution >= 4 is 5.91 Å². The van der Waals surface area contributed by atoms with E-state index in [1.165, 1.54) is 5.56 Å². The number of hydrogen-bond donors (Lipinski definition) is 1. The second-order valence-electron chi connectivity index (χ2n) is 7.44. The van der Waals surface area contributed by atoms with Crippen molar-refractivity contribution in [2.45, 2.75) is 31.8 Å². The summed E-state index contributed by atoms with van der Waals surface area (Å²) >= 11 is 0. The smallest absolute Gasteiger partial charge is 0.222 e. The van der Waals surface area contributed by atoms with Gasteiger partial charge in [0, 0.05) is 50.7 Å². The topological polar surface area (TPSA) is 62.7 Å². The van der Waals surface area contributed by atoms with E-state index in [0.717, 1.165) is 43.8 Å². The van der Waals surface area contributed by atoms with E-state index in [0.29, 0.717) is 37.4 Å². The molecule has 0 unspecified atom stereocenters. The fraction of sp³-hybridized carbons (Fsp3) is 0.476. The van der Waals surface area contributed by atoms with Crippen molar-refractivity contribution in [1.29, 1.82) is 0 Å². The van der Waals surface area contributed by atoms with E-state index in [4.69, 9.17) is 10.2 Å². The first kappa shape index (κ1) is 17.3. The predicted molar refractivity (Wildman–Crippen MR) is 101 cm³/mol. The molecule has 1 aromatic carbocycles. The van der Waals surface area contributed by atoms with Gasteiger partial charge in [-0.3, -0.25) is 9.69 Å². The molecule has 0 radical (unpaired) electrons. The molecule has 2 N–H and O–H groups in total. The number of rotatable bonds is 5. The number of nitrogens with zero attached hydrogens (tertiary/aromatic N) is 2. The zero-order valence-electron chi connectivity index (χ0n) is 15.1. The van der Waals surface area contributed by atoms with Crippen LogP contribution in [-0.4, -0.2) is 47.9 Å². The second kappa shape index (κ2) is 7.64. The van der Waals surface area contributed by atoms with Crippen LogP contribution in [0.15, 0.2) is 47.1 Å². The zero-order chi connectivity index (χ0) is 17.9. The number of nitrogens with two attached hydrogens (primary N) is 1. The molecule has 5 nitrogen and oxygen atoms in total. The summed E-state index contributed by atoms with van der Waals surface area (Å²) in [6.07, 6.45) is 4.45. The van der Waals surface area contributed by atoms with Crippen molar-refractivity contribution in [3.05, 3.63) is 48.2 Å². The summed E-state index contributed by atoms with van der Waals surface area (Å²) in [5.41, 5.74) is 8.14. The van der Waals surface area contributed by atoms with Gasteiger partial charge in [0.2, 0.25) is 5.91 Å². The minimum absolute atomic E-state index is 0.290. The van der Waals surface area contributed by atoms with Crippen molar-refractivity contribution in [1.82, 2.24) is 9.80 Å². The van der Waals surface area contributed by atoms with Crippen molar-refractivity contribution in [3.8, 4) is 11.3 Å². The first-order valence-electron chi connectivity index (χ1n) is 9.59. The van der Waals surface area contributed by atoms with Gasteiger partial charge in [-0.05, 0) is 36.5 Å². The molecule has 4 rings (SSSR count). The third-order valence-corrected chi connectivity index (χ3v) is 5.76. The lowest BCUT2D eigenvalue weighted by molar-refractivity contribution is -0.141. The van der Waals surface area contributed by atoms with Crippen molar-refractivity contribution in [2.24, 2.45) is 11.7 Å². The number of carbonyl (C=O) groups is 1. The minimum Gasteiger partial charge on any atom is -0.464 e. The summed E-state index contributed by atoms with van der Waals surface area (Å²) in [4.78, 5) is 16.8. The Morgan fingerprint density at radius 2 is 2.00 bits per heavy atom. The van der Waals surface area contributed by atoms with Crippen LogP contribution in [-0.2, 0) is 11.3 Å². The Balaban J connectivity index is 1.38. The average Bonchev–Trinajstić information content (AvgIpc) is 3.20. The maximum Gasteiger partial charge on any atom is 0.222 e. The van der Waals surface area contributed by atoms with Gasteiger partial charge in [0.25, 0.3) is 0 Å². The Morgan fingerprint density at radius 3 is 2.73 bits per heavy atom. The van der Waals surface area contributed by atoms with Crippen molar-refractivity contribution in [3.63, 3.8) is 0 Å². The van der Waals surface area contributed by atoms with Gasteiger partial charge >= 0.3 is 0 Å². The molecule has 5 heteroatoms. The lowest BCUT2D eigenvalue weighted by atomic mass is 9.83. The SMILES string of the molecule is NCCN1C(=O)CC[C@H]2CN(Cc3ccc(-c4ccco4)cc3)CC[C@H]21. The van der Waals surface area contributed by atoms with E-state index >= 15 is 0 Å². The molecule has 0 bridgehead atoms. The van der Waals surface area contributed by atoms with Gasteiger partial charge in [-0.25, -0.2) is 0 Å². The highest BCUT2D eigenvalue weighted by molar-refractivity contribution is 5.77. The predicted octanol–water partition coefficient (Wildman–Crippen LogP) is 2.72. The number of fused-ring (bicyclic) bond motifs is 1. The van der Waals surface area contributed by atoms with Crippen LogP contribution in [0, 0.1) is 5.92 Å². The van der Waals surface area contributed by atoms with Gasteiger partial charge in [-0.2, -0.15) is 0 Å². The highest BCUT2D eigenvalue weighted by Gasteiger charge is 2.38. The van der Waals surface area contributed by atoms with Crippen molar-refractivity contribution in [2.75, 3.05) is 26.2 Å². The normalized spacial score (nSPS) is 23.9. The number of piperidine rings is 2. The van der Waals surface area contributed by atoms with Crippen LogP contribution in [0.4, 0.5) is 0 Å². The highest BCUT2D eigenvalue weighted by atomic mass is 16.3. The molecule has 3 heterocycles. The number of furan rings is 1. The fourth-order valence-corrected chi connectivity index (χ4v) is 4.48. The first-order valence-corrected chi connectivity index (χ1v) is 9.59. The number of hydrogen-bond acceptors (Lipinski definition) is 4. The summed E-state index contributed by atoms with van der Waals surface area (Å²) in [6.45, 7) is 4.33. The van der Waals surface area contributed by atoms with Crippen molar-refractivity contribution < 1.29 is 9.21 Å². The zero-order valence-corrected chi connectivity index (χ0v) is 15.1. The van der Waals surface area contributed by atoms with E-state index in [1.807, 2.05) is 17.0 Å². The third kappa shape index (κ3) is 3.55. The summed E-state index contributed by atoms with van der Waals surface area (Å²) in [7, 11) is 0. The average molecular weight is 353 g/mol. The second-order valence-corrected chi connectivity index (χ2v) is 7.44. The van der Waals surface area contributed by atoms with E-state index in [-0.39, 0.29) is 0 Å². The molecule has 1 aromatic heterocycles. The maximum atomic E-state index is 12.2. The highest BCUT2D eigenvalue weighted by Crippen LogP contribution is 2.31. The van der Waals surface area contributed by atoms with Gasteiger partial charge in [-0.1, -0.05) is 24.3 Å². The monoisotopic (exact) mass is 353 g/mol. The summed E-state index contributed by atoms with van der Waals surface area (Å²) in [5.74, 6) is 1.78. The van der Waals surface area contributed by atoms with Gasteiger partial charge in [0.05, 0.1) is 6.26 Å². The molecule has 26 heavy (non-hydrogen) atoms. The molecule has 2 saturated heterocycles. The summed E-state index contributed by atoms with van der Waals surface area (Å²) in [5, 5.41) is 0. The Bertz CT molecular complexity index is 726. The molecular formula is C21H27N3O2. The van der Waals surface area contributed by atoms with Gasteiger partial charge in [-0.15, -0.1) is 0 Å². The quantitative estimate of drug-likeness (QED) is 0.898. The molecular weight excluding hydrogens is 326 g/mol. The van der Waals surface area contributed by atoms with Crippen LogP contribution in [0.2, 0.25) is 0 Å². The fourth-order valence-electron chi connectivity index (χ4n) is 4.48. The van der Waals surface area contributed by atoms with Gasteiger partial charge < -0.3 is 15.1 Å². The van der Waals surface area contributed by atoms with Crippen LogP contribution in [0.1, 0.15) is 24.8 Å². The number of benzene rings is 1. The van der Waals surface area contributed by atoms with E-state index < -0.39 is 0 Å². The summed E-state index contributed by atoms with van der Waals surface area (Å²) < 4.78 is 5.46. The van der Waals surface area contributed by atoms with Gasteiger partial charge in [0.15, 0.2) is 0 Å². The summed E-state index contributed by atoms with van der Waals surface area (Å²) in [6, 6.07) is 12.9. The van der Waals surface area contributed by atoms with Crippen LogP contribution >= 0.6 is 0 Å². The van der Waals surface area contributed by atoms with Crippen LogP contribution < -0.4 is 5.73 Å². The Labute approximate surface area is 154 Å². The molecule has 2 fully saturated rings. The molecule has 2 aromatic rings. The minimum atomic E-state index is 0.290. The number of carbonyl (C=O) groups excluding carboxylic acids is 1. The Kier molecular flexibility index (Phi) is 5.09. The molecule has 2 atom stereocenters. The molecule has 0 saturated carbocycles. The first-order chi connectivity index (χ1) is 12.7. The molecule has 0 aliphatic carbocycles. The van der Waals surface area contributed by atoms with E-state index in [2.05, 4.69) is 29.2 Å². The maximum absolute atomic E-state index is 12.2. The lowest BCUT2D eigenvalue weighted by Crippen LogP contribution is -2.56. The van der Waals surface area contributed by atoms with Crippen LogP contribution in [0.3, 0.4) is 0 Å².